The van der Waals surface area contributed by atoms with Crippen LogP contribution in [0.4, 0.5) is 9.18 Å². The lowest BCUT2D eigenvalue weighted by Crippen LogP contribution is -2.35. The average molecular weight is 394 g/mol. The molecular formula is C14H14Cl2FN3O3S. The van der Waals surface area contributed by atoms with E-state index in [2.05, 4.69) is 5.10 Å². The smallest absolute Gasteiger partial charge is 0.323 e. The Morgan fingerprint density at radius 3 is 2.29 bits per heavy atom. The van der Waals surface area contributed by atoms with E-state index < -0.39 is 26.8 Å². The number of benzene rings is 1. The second-order valence-electron chi connectivity index (χ2n) is 4.73. The van der Waals surface area contributed by atoms with Crippen molar-refractivity contribution in [1.29, 1.82) is 0 Å². The highest BCUT2D eigenvalue weighted by Crippen LogP contribution is 2.33. The largest absolute Gasteiger partial charge is 0.347 e. The Kier molecular flexibility index (Phi) is 5.52. The van der Waals surface area contributed by atoms with Gasteiger partial charge in [-0.2, -0.15) is 9.07 Å². The first-order valence-corrected chi connectivity index (χ1v) is 9.21. The molecule has 0 radical (unpaired) electrons. The monoisotopic (exact) mass is 393 g/mol. The predicted octanol–water partition coefficient (Wildman–Crippen LogP) is 3.47. The molecule has 10 heteroatoms. The van der Waals surface area contributed by atoms with Gasteiger partial charge >= 0.3 is 6.03 Å². The van der Waals surface area contributed by atoms with Crippen molar-refractivity contribution in [2.24, 2.45) is 0 Å². The zero-order chi connectivity index (χ0) is 18.1. The van der Waals surface area contributed by atoms with Gasteiger partial charge in [0.05, 0.1) is 10.0 Å². The van der Waals surface area contributed by atoms with Gasteiger partial charge in [-0.1, -0.05) is 29.3 Å². The molecule has 0 aliphatic heterocycles. The molecule has 0 saturated carbocycles. The number of carbonyl (C=O) groups is 1. The minimum atomic E-state index is -4.28. The molecule has 2 rings (SSSR count). The van der Waals surface area contributed by atoms with Crippen molar-refractivity contribution in [2.45, 2.75) is 23.8 Å². The molecule has 0 atom stereocenters. The molecule has 0 aliphatic rings. The summed E-state index contributed by atoms with van der Waals surface area (Å²) in [5, 5.41) is 2.72. The fourth-order valence-electron chi connectivity index (χ4n) is 2.08. The maximum absolute atomic E-state index is 14.1. The van der Waals surface area contributed by atoms with Gasteiger partial charge in [0.15, 0.2) is 5.03 Å². The number of hydrogen-bond acceptors (Lipinski definition) is 4. The minimum absolute atomic E-state index is 0.118. The van der Waals surface area contributed by atoms with Crippen molar-refractivity contribution in [1.82, 2.24) is 14.7 Å². The van der Waals surface area contributed by atoms with Crippen LogP contribution in [-0.2, 0) is 9.84 Å². The molecule has 0 bridgehead atoms. The van der Waals surface area contributed by atoms with E-state index in [1.165, 1.54) is 23.1 Å². The van der Waals surface area contributed by atoms with Crippen LogP contribution in [0.3, 0.4) is 0 Å². The highest BCUT2D eigenvalue weighted by molar-refractivity contribution is 7.91. The van der Waals surface area contributed by atoms with Gasteiger partial charge in [0.2, 0.25) is 15.8 Å². The van der Waals surface area contributed by atoms with Crippen LogP contribution in [-0.4, -0.2) is 42.2 Å². The van der Waals surface area contributed by atoms with Gasteiger partial charge in [0.1, 0.15) is 4.90 Å². The number of carbonyl (C=O) groups excluding carboxylic acids is 1. The highest BCUT2D eigenvalue weighted by atomic mass is 35.5. The number of rotatable bonds is 4. The van der Waals surface area contributed by atoms with Crippen LogP contribution < -0.4 is 0 Å². The molecule has 1 heterocycles. The van der Waals surface area contributed by atoms with Gasteiger partial charge < -0.3 is 4.90 Å². The van der Waals surface area contributed by atoms with Gasteiger partial charge in [0, 0.05) is 19.2 Å². The topological polar surface area (TPSA) is 72.3 Å². The Bertz CT molecular complexity index is 859. The molecule has 24 heavy (non-hydrogen) atoms. The van der Waals surface area contributed by atoms with Gasteiger partial charge in [-0.15, -0.1) is 5.10 Å². The molecule has 0 aliphatic carbocycles. The maximum Gasteiger partial charge on any atom is 0.347 e. The Morgan fingerprint density at radius 1 is 1.25 bits per heavy atom. The first-order valence-electron chi connectivity index (χ1n) is 6.98. The standard InChI is InChI=1S/C14H14Cl2FN3O3S/c1-3-19(4-2)14(21)20-11(17)8-12(18-20)24(22,23)13-9(15)6-5-7-10(13)16/h5-8H,3-4H2,1-2H3. The zero-order valence-corrected chi connectivity index (χ0v) is 15.2. The lowest BCUT2D eigenvalue weighted by molar-refractivity contribution is 0.197. The third-order valence-electron chi connectivity index (χ3n) is 3.32. The SMILES string of the molecule is CCN(CC)C(=O)n1nc(S(=O)(=O)c2c(Cl)cccc2Cl)cc1F. The summed E-state index contributed by atoms with van der Waals surface area (Å²) in [7, 11) is -4.28. The number of aromatic nitrogens is 2. The second-order valence-corrected chi connectivity index (χ2v) is 7.37. The number of hydrogen-bond donors (Lipinski definition) is 0. The summed E-state index contributed by atoms with van der Waals surface area (Å²) in [5.41, 5.74) is 0. The average Bonchev–Trinajstić information content (AvgIpc) is 2.90. The van der Waals surface area contributed by atoms with Crippen LogP contribution in [0, 0.1) is 5.95 Å². The van der Waals surface area contributed by atoms with E-state index in [9.17, 15) is 17.6 Å². The van der Waals surface area contributed by atoms with E-state index in [4.69, 9.17) is 23.2 Å². The summed E-state index contributed by atoms with van der Waals surface area (Å²) >= 11 is 11.8. The van der Waals surface area contributed by atoms with E-state index in [1.54, 1.807) is 13.8 Å². The highest BCUT2D eigenvalue weighted by Gasteiger charge is 2.30. The molecule has 1 aromatic carbocycles. The summed E-state index contributed by atoms with van der Waals surface area (Å²) in [4.78, 5) is 13.1. The van der Waals surface area contributed by atoms with Gasteiger partial charge in [-0.3, -0.25) is 0 Å². The number of amides is 1. The van der Waals surface area contributed by atoms with E-state index >= 15 is 0 Å². The van der Waals surface area contributed by atoms with Gasteiger partial charge in [0.25, 0.3) is 0 Å². The van der Waals surface area contributed by atoms with Crippen LogP contribution in [0.5, 0.6) is 0 Å². The molecular weight excluding hydrogens is 380 g/mol. The summed E-state index contributed by atoms with van der Waals surface area (Å²) in [5.74, 6) is -1.09. The Morgan fingerprint density at radius 2 is 1.79 bits per heavy atom. The molecule has 0 unspecified atom stereocenters. The molecule has 0 spiro atoms. The lowest BCUT2D eigenvalue weighted by Gasteiger charge is -2.17. The molecule has 0 N–H and O–H groups in total. The minimum Gasteiger partial charge on any atom is -0.323 e. The number of halogens is 3. The summed E-state index contributed by atoms with van der Waals surface area (Å²) in [6.45, 7) is 4.08. The molecule has 2 aromatic rings. The number of sulfone groups is 1. The van der Waals surface area contributed by atoms with Crippen LogP contribution in [0.15, 0.2) is 34.2 Å². The van der Waals surface area contributed by atoms with E-state index in [0.29, 0.717) is 23.8 Å². The Hall–Kier alpha value is -1.64. The van der Waals surface area contributed by atoms with Crippen molar-refractivity contribution in [3.63, 3.8) is 0 Å². The Labute approximate surface area is 148 Å². The van der Waals surface area contributed by atoms with Crippen LogP contribution in [0.1, 0.15) is 13.8 Å². The van der Waals surface area contributed by atoms with Gasteiger partial charge in [-0.25, -0.2) is 13.2 Å². The van der Waals surface area contributed by atoms with Crippen molar-refractivity contribution in [2.75, 3.05) is 13.1 Å². The van der Waals surface area contributed by atoms with Crippen molar-refractivity contribution < 1.29 is 17.6 Å². The summed E-state index contributed by atoms with van der Waals surface area (Å²) < 4.78 is 39.7. The van der Waals surface area contributed by atoms with Crippen molar-refractivity contribution in [3.8, 4) is 0 Å². The van der Waals surface area contributed by atoms with E-state index in [0.717, 1.165) is 0 Å². The zero-order valence-electron chi connectivity index (χ0n) is 12.8. The molecule has 1 aromatic heterocycles. The Balaban J connectivity index is 2.55. The molecule has 0 saturated heterocycles. The quantitative estimate of drug-likeness (QED) is 0.796. The predicted molar refractivity (Wildman–Crippen MR) is 87.8 cm³/mol. The van der Waals surface area contributed by atoms with Crippen LogP contribution in [0.25, 0.3) is 0 Å². The van der Waals surface area contributed by atoms with Crippen molar-refractivity contribution in [3.05, 3.63) is 40.3 Å². The van der Waals surface area contributed by atoms with Crippen LogP contribution in [0.2, 0.25) is 10.0 Å². The number of nitrogens with zero attached hydrogens (tertiary/aromatic N) is 3. The lowest BCUT2D eigenvalue weighted by atomic mass is 10.4. The van der Waals surface area contributed by atoms with Crippen molar-refractivity contribution >= 4 is 39.1 Å². The van der Waals surface area contributed by atoms with Gasteiger partial charge in [-0.05, 0) is 26.0 Å². The van der Waals surface area contributed by atoms with Crippen LogP contribution >= 0.6 is 23.2 Å². The molecule has 6 nitrogen and oxygen atoms in total. The first-order chi connectivity index (χ1) is 11.2. The molecule has 130 valence electrons. The second kappa shape index (κ2) is 7.08. The van der Waals surface area contributed by atoms with E-state index in [-0.39, 0.29) is 14.9 Å². The fourth-order valence-corrected chi connectivity index (χ4v) is 4.38. The third kappa shape index (κ3) is 3.26. The van der Waals surface area contributed by atoms with E-state index in [1.807, 2.05) is 0 Å². The molecule has 0 fully saturated rings. The summed E-state index contributed by atoms with van der Waals surface area (Å²) in [6.07, 6.45) is 0. The first kappa shape index (κ1) is 18.7. The third-order valence-corrected chi connectivity index (χ3v) is 5.90. The maximum atomic E-state index is 14.1. The summed E-state index contributed by atoms with van der Waals surface area (Å²) in [6, 6.07) is 4.07. The normalized spacial score (nSPS) is 11.5. The molecule has 1 amide bonds. The fraction of sp³-hybridized carbons (Fsp3) is 0.286.